The zero-order chi connectivity index (χ0) is 13.3. The van der Waals surface area contributed by atoms with Gasteiger partial charge in [0.25, 0.3) is 0 Å². The molecule has 0 radical (unpaired) electrons. The van der Waals surface area contributed by atoms with Crippen LogP contribution in [0.2, 0.25) is 0 Å². The van der Waals surface area contributed by atoms with Crippen molar-refractivity contribution in [1.82, 2.24) is 5.32 Å². The molecule has 2 heteroatoms. The third-order valence-electron chi connectivity index (χ3n) is 4.72. The summed E-state index contributed by atoms with van der Waals surface area (Å²) in [6, 6.07) is 6.70. The Morgan fingerprint density at radius 3 is 2.74 bits per heavy atom. The first-order valence-electron chi connectivity index (χ1n) is 7.64. The van der Waals surface area contributed by atoms with E-state index >= 15 is 0 Å². The van der Waals surface area contributed by atoms with E-state index in [1.54, 1.807) is 0 Å². The predicted molar refractivity (Wildman–Crippen MR) is 78.4 cm³/mol. The minimum absolute atomic E-state index is 0.108. The third-order valence-corrected chi connectivity index (χ3v) is 4.72. The van der Waals surface area contributed by atoms with E-state index in [1.807, 2.05) is 0 Å². The fourth-order valence-corrected chi connectivity index (χ4v) is 3.59. The topological polar surface area (TPSA) is 21.3 Å². The Balaban J connectivity index is 1.82. The molecule has 2 fully saturated rings. The van der Waals surface area contributed by atoms with E-state index in [0.717, 1.165) is 13.1 Å². The van der Waals surface area contributed by atoms with Crippen LogP contribution in [-0.4, -0.2) is 18.7 Å². The maximum absolute atomic E-state index is 6.57. The maximum Gasteiger partial charge on any atom is 0.0960 e. The van der Waals surface area contributed by atoms with Crippen LogP contribution in [0.4, 0.5) is 0 Å². The molecule has 2 nitrogen and oxygen atoms in total. The average Bonchev–Trinajstić information content (AvgIpc) is 2.42. The molecule has 1 N–H and O–H groups in total. The molecule has 104 valence electrons. The molecule has 19 heavy (non-hydrogen) atoms. The van der Waals surface area contributed by atoms with Crippen molar-refractivity contribution < 1.29 is 4.74 Å². The molecule has 1 aromatic rings. The number of rotatable bonds is 1. The summed E-state index contributed by atoms with van der Waals surface area (Å²) in [5.41, 5.74) is 4.16. The van der Waals surface area contributed by atoms with Crippen molar-refractivity contribution in [2.45, 2.75) is 57.7 Å². The smallest absolute Gasteiger partial charge is 0.0960 e. The monoisotopic (exact) mass is 259 g/mol. The average molecular weight is 259 g/mol. The molecule has 1 unspecified atom stereocenters. The number of nitrogens with one attached hydrogen (secondary N) is 1. The van der Waals surface area contributed by atoms with Crippen molar-refractivity contribution >= 4 is 0 Å². The van der Waals surface area contributed by atoms with Gasteiger partial charge in [-0.3, -0.25) is 0 Å². The Kier molecular flexibility index (Phi) is 3.64. The molecule has 1 aliphatic carbocycles. The molecule has 1 saturated carbocycles. The van der Waals surface area contributed by atoms with E-state index in [-0.39, 0.29) is 11.7 Å². The Bertz CT molecular complexity index is 443. The Morgan fingerprint density at radius 2 is 1.95 bits per heavy atom. The molecule has 3 rings (SSSR count). The van der Waals surface area contributed by atoms with Crippen molar-refractivity contribution in [2.75, 3.05) is 13.1 Å². The zero-order valence-electron chi connectivity index (χ0n) is 12.2. The first-order chi connectivity index (χ1) is 9.19. The second-order valence-electron chi connectivity index (χ2n) is 6.34. The number of hydrogen-bond donors (Lipinski definition) is 1. The SMILES string of the molecule is Cc1ccc(C)c(C2CNCC3(CCCCC3)O2)c1. The Morgan fingerprint density at radius 1 is 1.16 bits per heavy atom. The van der Waals surface area contributed by atoms with Gasteiger partial charge in [-0.2, -0.15) is 0 Å². The van der Waals surface area contributed by atoms with Crippen LogP contribution in [-0.2, 0) is 4.74 Å². The number of morpholine rings is 1. The highest BCUT2D eigenvalue weighted by molar-refractivity contribution is 5.33. The maximum atomic E-state index is 6.57. The van der Waals surface area contributed by atoms with E-state index < -0.39 is 0 Å². The summed E-state index contributed by atoms with van der Waals surface area (Å²) in [5.74, 6) is 0. The fraction of sp³-hybridized carbons (Fsp3) is 0.647. The van der Waals surface area contributed by atoms with Crippen LogP contribution in [0, 0.1) is 13.8 Å². The lowest BCUT2D eigenvalue weighted by atomic mass is 9.83. The number of benzene rings is 1. The van der Waals surface area contributed by atoms with E-state index in [4.69, 9.17) is 4.74 Å². The molecule has 1 aliphatic heterocycles. The Labute approximate surface area is 116 Å². The second-order valence-corrected chi connectivity index (χ2v) is 6.34. The van der Waals surface area contributed by atoms with Crippen LogP contribution in [0.5, 0.6) is 0 Å². The lowest BCUT2D eigenvalue weighted by Crippen LogP contribution is -2.51. The van der Waals surface area contributed by atoms with Crippen molar-refractivity contribution in [3.63, 3.8) is 0 Å². The molecule has 0 amide bonds. The highest BCUT2D eigenvalue weighted by Gasteiger charge is 2.38. The van der Waals surface area contributed by atoms with E-state index in [1.165, 1.54) is 48.8 Å². The lowest BCUT2D eigenvalue weighted by Gasteiger charge is -2.44. The van der Waals surface area contributed by atoms with Crippen LogP contribution in [0.1, 0.15) is 54.9 Å². The van der Waals surface area contributed by atoms with Gasteiger partial charge in [-0.15, -0.1) is 0 Å². The lowest BCUT2D eigenvalue weighted by molar-refractivity contribution is -0.136. The van der Waals surface area contributed by atoms with Gasteiger partial charge in [0.05, 0.1) is 11.7 Å². The van der Waals surface area contributed by atoms with Gasteiger partial charge in [-0.1, -0.05) is 43.0 Å². The number of hydrogen-bond acceptors (Lipinski definition) is 2. The van der Waals surface area contributed by atoms with Crippen LogP contribution in [0.15, 0.2) is 18.2 Å². The minimum atomic E-state index is 0.108. The largest absolute Gasteiger partial charge is 0.364 e. The molecule has 0 bridgehead atoms. The van der Waals surface area contributed by atoms with Gasteiger partial charge < -0.3 is 10.1 Å². The van der Waals surface area contributed by atoms with Gasteiger partial charge in [0.1, 0.15) is 0 Å². The van der Waals surface area contributed by atoms with Crippen LogP contribution in [0.25, 0.3) is 0 Å². The zero-order valence-corrected chi connectivity index (χ0v) is 12.2. The van der Waals surface area contributed by atoms with Crippen LogP contribution < -0.4 is 5.32 Å². The van der Waals surface area contributed by atoms with Gasteiger partial charge in [-0.05, 0) is 37.8 Å². The van der Waals surface area contributed by atoms with Gasteiger partial charge in [0, 0.05) is 13.1 Å². The molecule has 1 saturated heterocycles. The standard InChI is InChI=1S/C17H25NO/c1-13-6-7-14(2)15(10-13)16-11-18-12-17(19-16)8-4-3-5-9-17/h6-7,10,16,18H,3-5,8-9,11-12H2,1-2H3. The molecule has 2 aliphatic rings. The molecule has 1 heterocycles. The fourth-order valence-electron chi connectivity index (χ4n) is 3.59. The van der Waals surface area contributed by atoms with Gasteiger partial charge in [0.2, 0.25) is 0 Å². The first-order valence-corrected chi connectivity index (χ1v) is 7.64. The van der Waals surface area contributed by atoms with Crippen LogP contribution in [0.3, 0.4) is 0 Å². The molecule has 0 aromatic heterocycles. The highest BCUT2D eigenvalue weighted by Crippen LogP contribution is 2.38. The van der Waals surface area contributed by atoms with Crippen LogP contribution >= 0.6 is 0 Å². The quantitative estimate of drug-likeness (QED) is 0.831. The highest BCUT2D eigenvalue weighted by atomic mass is 16.5. The molecular weight excluding hydrogens is 234 g/mol. The summed E-state index contributed by atoms with van der Waals surface area (Å²) < 4.78 is 6.57. The van der Waals surface area contributed by atoms with Crippen molar-refractivity contribution in [3.05, 3.63) is 34.9 Å². The summed E-state index contributed by atoms with van der Waals surface area (Å²) in [4.78, 5) is 0. The van der Waals surface area contributed by atoms with Gasteiger partial charge in [-0.25, -0.2) is 0 Å². The summed E-state index contributed by atoms with van der Waals surface area (Å²) in [6.45, 7) is 6.34. The van der Waals surface area contributed by atoms with E-state index in [0.29, 0.717) is 0 Å². The summed E-state index contributed by atoms with van der Waals surface area (Å²) in [6.07, 6.45) is 6.69. The second kappa shape index (κ2) is 5.26. The summed E-state index contributed by atoms with van der Waals surface area (Å²) in [7, 11) is 0. The van der Waals surface area contributed by atoms with Gasteiger partial charge >= 0.3 is 0 Å². The minimum Gasteiger partial charge on any atom is -0.364 e. The van der Waals surface area contributed by atoms with E-state index in [9.17, 15) is 0 Å². The first kappa shape index (κ1) is 13.1. The number of aryl methyl sites for hydroxylation is 2. The molecule has 1 aromatic carbocycles. The molecule has 1 spiro atoms. The summed E-state index contributed by atoms with van der Waals surface area (Å²) in [5, 5.41) is 3.62. The normalized spacial score (nSPS) is 26.5. The van der Waals surface area contributed by atoms with Crippen molar-refractivity contribution in [3.8, 4) is 0 Å². The van der Waals surface area contributed by atoms with E-state index in [2.05, 4.69) is 37.4 Å². The van der Waals surface area contributed by atoms with Crippen molar-refractivity contribution in [1.29, 1.82) is 0 Å². The number of ether oxygens (including phenoxy) is 1. The Hall–Kier alpha value is -0.860. The molecular formula is C17H25NO. The van der Waals surface area contributed by atoms with Gasteiger partial charge in [0.15, 0.2) is 0 Å². The molecule has 1 atom stereocenters. The van der Waals surface area contributed by atoms with Crippen molar-refractivity contribution in [2.24, 2.45) is 0 Å². The summed E-state index contributed by atoms with van der Waals surface area (Å²) >= 11 is 0. The third kappa shape index (κ3) is 2.70. The predicted octanol–water partition coefficient (Wildman–Crippen LogP) is 3.67.